The summed E-state index contributed by atoms with van der Waals surface area (Å²) in [6, 6.07) is 0. The van der Waals surface area contributed by atoms with Gasteiger partial charge in [0.2, 0.25) is 0 Å². The first kappa shape index (κ1) is 9.50. The molecule has 0 heterocycles. The number of nitrogens with one attached hydrogen (secondary N) is 1. The lowest BCUT2D eigenvalue weighted by Crippen LogP contribution is -2.25. The molecule has 2 heteroatoms. The number of allylic oxidation sites excluding steroid dienone is 2. The van der Waals surface area contributed by atoms with Gasteiger partial charge in [0.1, 0.15) is 0 Å². The average molecular weight is 142 g/mol. The molecule has 1 atom stereocenters. The van der Waals surface area contributed by atoms with Crippen LogP contribution in [0, 0.1) is 5.92 Å². The van der Waals surface area contributed by atoms with Crippen LogP contribution in [0.5, 0.6) is 0 Å². The van der Waals surface area contributed by atoms with Crippen LogP contribution in [0.25, 0.3) is 0 Å². The van der Waals surface area contributed by atoms with Crippen molar-refractivity contribution in [1.29, 1.82) is 0 Å². The summed E-state index contributed by atoms with van der Waals surface area (Å²) in [5.41, 5.74) is 3.87. The Kier molecular flexibility index (Phi) is 5.03. The number of hydrogen-bond donors (Lipinski definition) is 2. The first-order valence-corrected chi connectivity index (χ1v) is 3.92. The van der Waals surface area contributed by atoms with E-state index in [1.807, 2.05) is 0 Å². The predicted octanol–water partition coefficient (Wildman–Crippen LogP) is 1.79. The average Bonchev–Trinajstić information content (AvgIpc) is 1.99. The van der Waals surface area contributed by atoms with Crippen molar-refractivity contribution in [3.8, 4) is 0 Å². The Labute approximate surface area is 63.5 Å². The standard InChI is InChI=1S/C8H18N2/c1-4-6-8(10-9)7(3)5-2/h6-7,10H,4-5,9H2,1-3H3/b8-6+. The molecule has 0 spiro atoms. The first-order valence-electron chi connectivity index (χ1n) is 3.92. The minimum absolute atomic E-state index is 0.560. The summed E-state index contributed by atoms with van der Waals surface area (Å²) in [6.45, 7) is 6.44. The normalized spacial score (nSPS) is 15.0. The maximum Gasteiger partial charge on any atom is 0.0247 e. The fourth-order valence-electron chi connectivity index (χ4n) is 0.842. The van der Waals surface area contributed by atoms with Crippen molar-refractivity contribution >= 4 is 0 Å². The summed E-state index contributed by atoms with van der Waals surface area (Å²) in [5, 5.41) is 0. The molecule has 0 aliphatic rings. The lowest BCUT2D eigenvalue weighted by Gasteiger charge is -2.12. The molecular weight excluding hydrogens is 124 g/mol. The molecule has 1 unspecified atom stereocenters. The molecule has 0 aromatic heterocycles. The topological polar surface area (TPSA) is 38.0 Å². The minimum Gasteiger partial charge on any atom is -0.328 e. The highest BCUT2D eigenvalue weighted by atomic mass is 15.2. The van der Waals surface area contributed by atoms with E-state index >= 15 is 0 Å². The molecule has 0 bridgehead atoms. The largest absolute Gasteiger partial charge is 0.328 e. The molecule has 3 N–H and O–H groups in total. The number of rotatable bonds is 4. The van der Waals surface area contributed by atoms with Gasteiger partial charge in [0.25, 0.3) is 0 Å². The third-order valence-corrected chi connectivity index (χ3v) is 1.73. The van der Waals surface area contributed by atoms with Gasteiger partial charge in [-0.3, -0.25) is 5.84 Å². The fourth-order valence-corrected chi connectivity index (χ4v) is 0.842. The van der Waals surface area contributed by atoms with Crippen LogP contribution in [0.3, 0.4) is 0 Å². The van der Waals surface area contributed by atoms with Gasteiger partial charge < -0.3 is 5.43 Å². The molecule has 0 saturated carbocycles. The Hall–Kier alpha value is -0.500. The summed E-state index contributed by atoms with van der Waals surface area (Å²) < 4.78 is 0. The Morgan fingerprint density at radius 3 is 2.50 bits per heavy atom. The number of hydrazine groups is 1. The van der Waals surface area contributed by atoms with Crippen LogP contribution in [-0.4, -0.2) is 0 Å². The van der Waals surface area contributed by atoms with Crippen molar-refractivity contribution in [1.82, 2.24) is 5.43 Å². The van der Waals surface area contributed by atoms with Crippen molar-refractivity contribution in [3.05, 3.63) is 11.8 Å². The van der Waals surface area contributed by atoms with E-state index in [9.17, 15) is 0 Å². The lowest BCUT2D eigenvalue weighted by atomic mass is 10.0. The highest BCUT2D eigenvalue weighted by Crippen LogP contribution is 2.10. The van der Waals surface area contributed by atoms with E-state index < -0.39 is 0 Å². The predicted molar refractivity (Wildman–Crippen MR) is 45.2 cm³/mol. The van der Waals surface area contributed by atoms with E-state index in [0.717, 1.165) is 18.5 Å². The van der Waals surface area contributed by atoms with E-state index in [0.29, 0.717) is 5.92 Å². The second-order valence-electron chi connectivity index (χ2n) is 2.52. The third kappa shape index (κ3) is 2.87. The minimum atomic E-state index is 0.560. The molecule has 0 saturated heterocycles. The lowest BCUT2D eigenvalue weighted by molar-refractivity contribution is 0.593. The van der Waals surface area contributed by atoms with Gasteiger partial charge in [0.05, 0.1) is 0 Å². The van der Waals surface area contributed by atoms with Crippen LogP contribution in [-0.2, 0) is 0 Å². The van der Waals surface area contributed by atoms with Gasteiger partial charge in [-0.15, -0.1) is 0 Å². The first-order chi connectivity index (χ1) is 4.76. The van der Waals surface area contributed by atoms with Gasteiger partial charge in [-0.25, -0.2) is 0 Å². The fraction of sp³-hybridized carbons (Fsp3) is 0.750. The van der Waals surface area contributed by atoms with Crippen LogP contribution in [0.4, 0.5) is 0 Å². The van der Waals surface area contributed by atoms with Gasteiger partial charge >= 0.3 is 0 Å². The molecule has 0 fully saturated rings. The van der Waals surface area contributed by atoms with E-state index in [1.54, 1.807) is 0 Å². The zero-order valence-electron chi connectivity index (χ0n) is 7.15. The molecule has 60 valence electrons. The molecule has 2 nitrogen and oxygen atoms in total. The summed E-state index contributed by atoms with van der Waals surface area (Å²) in [6.07, 6.45) is 4.31. The Morgan fingerprint density at radius 2 is 2.20 bits per heavy atom. The molecule has 0 aliphatic carbocycles. The van der Waals surface area contributed by atoms with Gasteiger partial charge in [-0.05, 0) is 18.8 Å². The van der Waals surface area contributed by atoms with Crippen LogP contribution in [0.15, 0.2) is 11.8 Å². The van der Waals surface area contributed by atoms with Gasteiger partial charge in [-0.2, -0.15) is 0 Å². The number of hydrogen-bond acceptors (Lipinski definition) is 2. The van der Waals surface area contributed by atoms with Gasteiger partial charge in [0, 0.05) is 5.70 Å². The molecule has 0 rings (SSSR count). The van der Waals surface area contributed by atoms with Crippen molar-refractivity contribution in [3.63, 3.8) is 0 Å². The van der Waals surface area contributed by atoms with E-state index in [4.69, 9.17) is 5.84 Å². The van der Waals surface area contributed by atoms with Crippen molar-refractivity contribution in [2.45, 2.75) is 33.6 Å². The summed E-state index contributed by atoms with van der Waals surface area (Å²) in [4.78, 5) is 0. The zero-order chi connectivity index (χ0) is 7.98. The number of nitrogens with two attached hydrogens (primary N) is 1. The maximum absolute atomic E-state index is 5.32. The molecule has 0 aliphatic heterocycles. The molecule has 10 heavy (non-hydrogen) atoms. The summed E-state index contributed by atoms with van der Waals surface area (Å²) >= 11 is 0. The van der Waals surface area contributed by atoms with Crippen LogP contribution < -0.4 is 11.3 Å². The highest BCUT2D eigenvalue weighted by molar-refractivity contribution is 5.01. The molecular formula is C8H18N2. The van der Waals surface area contributed by atoms with Crippen molar-refractivity contribution in [2.24, 2.45) is 11.8 Å². The third-order valence-electron chi connectivity index (χ3n) is 1.73. The van der Waals surface area contributed by atoms with Crippen LogP contribution >= 0.6 is 0 Å². The SMILES string of the molecule is CC/C=C(/NN)C(C)CC. The summed E-state index contributed by atoms with van der Waals surface area (Å²) in [7, 11) is 0. The monoisotopic (exact) mass is 142 g/mol. The Balaban J connectivity index is 3.92. The van der Waals surface area contributed by atoms with Gasteiger partial charge in [0.15, 0.2) is 0 Å². The Bertz CT molecular complexity index is 108. The quantitative estimate of drug-likeness (QED) is 0.464. The Morgan fingerprint density at radius 1 is 1.60 bits per heavy atom. The molecule has 0 radical (unpaired) electrons. The second-order valence-corrected chi connectivity index (χ2v) is 2.52. The van der Waals surface area contributed by atoms with E-state index in [2.05, 4.69) is 32.3 Å². The second kappa shape index (κ2) is 5.30. The molecule has 0 aromatic carbocycles. The van der Waals surface area contributed by atoms with Crippen LogP contribution in [0.1, 0.15) is 33.6 Å². The van der Waals surface area contributed by atoms with Crippen molar-refractivity contribution in [2.75, 3.05) is 0 Å². The van der Waals surface area contributed by atoms with Crippen molar-refractivity contribution < 1.29 is 0 Å². The van der Waals surface area contributed by atoms with Crippen LogP contribution in [0.2, 0.25) is 0 Å². The molecule has 0 aromatic rings. The van der Waals surface area contributed by atoms with Gasteiger partial charge in [-0.1, -0.05) is 26.8 Å². The summed E-state index contributed by atoms with van der Waals surface area (Å²) in [5.74, 6) is 5.88. The van der Waals surface area contributed by atoms with E-state index in [-0.39, 0.29) is 0 Å². The maximum atomic E-state index is 5.32. The smallest absolute Gasteiger partial charge is 0.0247 e. The molecule has 0 amide bonds. The zero-order valence-corrected chi connectivity index (χ0v) is 7.15. The van der Waals surface area contributed by atoms with E-state index in [1.165, 1.54) is 0 Å². The highest BCUT2D eigenvalue weighted by Gasteiger charge is 2.02.